The molecule has 0 saturated carbocycles. The highest BCUT2D eigenvalue weighted by atomic mass is 16.2. The van der Waals surface area contributed by atoms with Gasteiger partial charge in [-0.2, -0.15) is 0 Å². The average molecular weight is 353 g/mol. The van der Waals surface area contributed by atoms with Crippen molar-refractivity contribution in [1.29, 1.82) is 0 Å². The predicted molar refractivity (Wildman–Crippen MR) is 101 cm³/mol. The van der Waals surface area contributed by atoms with Crippen molar-refractivity contribution in [2.24, 2.45) is 5.92 Å². The number of amides is 2. The fourth-order valence-corrected chi connectivity index (χ4v) is 2.91. The molecule has 7 heteroatoms. The second-order valence-corrected chi connectivity index (χ2v) is 6.65. The lowest BCUT2D eigenvalue weighted by atomic mass is 9.99. The van der Waals surface area contributed by atoms with E-state index in [4.69, 9.17) is 0 Å². The van der Waals surface area contributed by atoms with Crippen LogP contribution in [-0.2, 0) is 4.79 Å². The number of hydrogen-bond acceptors (Lipinski definition) is 5. The van der Waals surface area contributed by atoms with Crippen molar-refractivity contribution in [3.63, 3.8) is 0 Å². The van der Waals surface area contributed by atoms with E-state index in [-0.39, 0.29) is 17.5 Å². The molecular weight excluding hydrogens is 330 g/mol. The van der Waals surface area contributed by atoms with Crippen molar-refractivity contribution < 1.29 is 9.59 Å². The van der Waals surface area contributed by atoms with Crippen LogP contribution < -0.4 is 15.5 Å². The number of nitrogens with zero attached hydrogens (tertiary/aromatic N) is 3. The van der Waals surface area contributed by atoms with E-state index in [1.54, 1.807) is 30.5 Å². The minimum absolute atomic E-state index is 0.165. The van der Waals surface area contributed by atoms with Crippen LogP contribution in [0.5, 0.6) is 0 Å². The van der Waals surface area contributed by atoms with Crippen LogP contribution in [0, 0.1) is 5.92 Å². The van der Waals surface area contributed by atoms with E-state index in [0.29, 0.717) is 11.4 Å². The zero-order chi connectivity index (χ0) is 18.5. The third kappa shape index (κ3) is 4.56. The molecule has 26 heavy (non-hydrogen) atoms. The topological polar surface area (TPSA) is 87.2 Å². The van der Waals surface area contributed by atoms with Gasteiger partial charge >= 0.3 is 0 Å². The summed E-state index contributed by atoms with van der Waals surface area (Å²) in [5.41, 5.74) is 1.46. The van der Waals surface area contributed by atoms with Crippen LogP contribution in [-0.4, -0.2) is 34.9 Å². The molecule has 1 aliphatic heterocycles. The van der Waals surface area contributed by atoms with E-state index in [1.807, 2.05) is 0 Å². The van der Waals surface area contributed by atoms with Gasteiger partial charge in [-0.05, 0) is 37.0 Å². The van der Waals surface area contributed by atoms with Crippen molar-refractivity contribution in [2.75, 3.05) is 28.6 Å². The molecule has 0 radical (unpaired) electrons. The maximum Gasteiger partial charge on any atom is 0.275 e. The second kappa shape index (κ2) is 7.95. The summed E-state index contributed by atoms with van der Waals surface area (Å²) in [6.45, 7) is 5.64. The Bertz CT molecular complexity index is 783. The van der Waals surface area contributed by atoms with E-state index in [1.165, 1.54) is 13.1 Å². The molecule has 1 aliphatic rings. The predicted octanol–water partition coefficient (Wildman–Crippen LogP) is 2.92. The highest BCUT2D eigenvalue weighted by molar-refractivity contribution is 6.03. The summed E-state index contributed by atoms with van der Waals surface area (Å²) in [4.78, 5) is 34.3. The summed E-state index contributed by atoms with van der Waals surface area (Å²) >= 11 is 0. The third-order valence-electron chi connectivity index (χ3n) is 4.42. The molecule has 1 fully saturated rings. The molecule has 1 aromatic carbocycles. The minimum atomic E-state index is -0.337. The summed E-state index contributed by atoms with van der Waals surface area (Å²) in [5.74, 6) is 1.05. The van der Waals surface area contributed by atoms with E-state index in [9.17, 15) is 9.59 Å². The first kappa shape index (κ1) is 17.8. The Morgan fingerprint density at radius 2 is 1.77 bits per heavy atom. The Labute approximate surface area is 152 Å². The fraction of sp³-hybridized carbons (Fsp3) is 0.368. The summed E-state index contributed by atoms with van der Waals surface area (Å²) in [6, 6.07) is 6.95. The van der Waals surface area contributed by atoms with Crippen LogP contribution in [0.25, 0.3) is 0 Å². The van der Waals surface area contributed by atoms with Crippen LogP contribution in [0.15, 0.2) is 36.7 Å². The zero-order valence-corrected chi connectivity index (χ0v) is 15.0. The number of piperidine rings is 1. The number of carbonyl (C=O) groups is 2. The molecule has 0 bridgehead atoms. The van der Waals surface area contributed by atoms with Gasteiger partial charge in [-0.3, -0.25) is 9.59 Å². The molecular formula is C19H23N5O2. The molecule has 0 atom stereocenters. The van der Waals surface area contributed by atoms with Gasteiger partial charge in [-0.1, -0.05) is 13.0 Å². The number of aromatic nitrogens is 2. The number of anilines is 3. The summed E-state index contributed by atoms with van der Waals surface area (Å²) in [6.07, 6.45) is 5.45. The lowest BCUT2D eigenvalue weighted by Crippen LogP contribution is -2.33. The quantitative estimate of drug-likeness (QED) is 0.882. The van der Waals surface area contributed by atoms with Gasteiger partial charge in [0, 0.05) is 31.4 Å². The molecule has 2 aromatic rings. The van der Waals surface area contributed by atoms with Crippen LogP contribution in [0.1, 0.15) is 37.2 Å². The van der Waals surface area contributed by atoms with E-state index in [2.05, 4.69) is 32.4 Å². The maximum atomic E-state index is 12.4. The Morgan fingerprint density at radius 3 is 2.38 bits per heavy atom. The lowest BCUT2D eigenvalue weighted by molar-refractivity contribution is -0.114. The van der Waals surface area contributed by atoms with Crippen molar-refractivity contribution >= 4 is 29.0 Å². The SMILES string of the molecule is CC(=O)Nc1cccc(NC(=O)c2cnc(N3CCC(C)CC3)cn2)c1. The molecule has 2 heterocycles. The first-order valence-corrected chi connectivity index (χ1v) is 8.77. The van der Waals surface area contributed by atoms with Gasteiger partial charge in [0.25, 0.3) is 5.91 Å². The van der Waals surface area contributed by atoms with Crippen molar-refractivity contribution in [3.05, 3.63) is 42.4 Å². The number of hydrogen-bond donors (Lipinski definition) is 2. The van der Waals surface area contributed by atoms with Gasteiger partial charge in [0.15, 0.2) is 0 Å². The summed E-state index contributed by atoms with van der Waals surface area (Å²) in [7, 11) is 0. The molecule has 0 spiro atoms. The first-order chi connectivity index (χ1) is 12.5. The molecule has 2 N–H and O–H groups in total. The van der Waals surface area contributed by atoms with Gasteiger partial charge in [0.05, 0.1) is 12.4 Å². The third-order valence-corrected chi connectivity index (χ3v) is 4.42. The van der Waals surface area contributed by atoms with Crippen molar-refractivity contribution in [2.45, 2.75) is 26.7 Å². The Balaban J connectivity index is 1.64. The molecule has 0 unspecified atom stereocenters. The summed E-state index contributed by atoms with van der Waals surface area (Å²) in [5, 5.41) is 5.45. The molecule has 7 nitrogen and oxygen atoms in total. The second-order valence-electron chi connectivity index (χ2n) is 6.65. The number of benzene rings is 1. The van der Waals surface area contributed by atoms with Gasteiger partial charge in [-0.15, -0.1) is 0 Å². The van der Waals surface area contributed by atoms with Crippen LogP contribution in [0.4, 0.5) is 17.2 Å². The molecule has 136 valence electrons. The summed E-state index contributed by atoms with van der Waals surface area (Å²) < 4.78 is 0. The largest absolute Gasteiger partial charge is 0.355 e. The monoisotopic (exact) mass is 353 g/mol. The Morgan fingerprint density at radius 1 is 1.08 bits per heavy atom. The number of carbonyl (C=O) groups excluding carboxylic acids is 2. The smallest absolute Gasteiger partial charge is 0.275 e. The van der Waals surface area contributed by atoms with Gasteiger partial charge < -0.3 is 15.5 Å². The van der Waals surface area contributed by atoms with Gasteiger partial charge in [-0.25, -0.2) is 9.97 Å². The van der Waals surface area contributed by atoms with E-state index < -0.39 is 0 Å². The Hall–Kier alpha value is -2.96. The highest BCUT2D eigenvalue weighted by Gasteiger charge is 2.18. The molecule has 0 aliphatic carbocycles. The van der Waals surface area contributed by atoms with Crippen molar-refractivity contribution in [3.8, 4) is 0 Å². The van der Waals surface area contributed by atoms with Gasteiger partial charge in [0.1, 0.15) is 11.5 Å². The Kier molecular flexibility index (Phi) is 5.46. The van der Waals surface area contributed by atoms with E-state index in [0.717, 1.165) is 37.7 Å². The molecule has 1 saturated heterocycles. The molecule has 3 rings (SSSR count). The lowest BCUT2D eigenvalue weighted by Gasteiger charge is -2.30. The molecule has 2 amide bonds. The maximum absolute atomic E-state index is 12.4. The first-order valence-electron chi connectivity index (χ1n) is 8.77. The zero-order valence-electron chi connectivity index (χ0n) is 15.0. The van der Waals surface area contributed by atoms with Crippen LogP contribution in [0.2, 0.25) is 0 Å². The molecule has 1 aromatic heterocycles. The highest BCUT2D eigenvalue weighted by Crippen LogP contribution is 2.21. The van der Waals surface area contributed by atoms with Crippen molar-refractivity contribution in [1.82, 2.24) is 9.97 Å². The van der Waals surface area contributed by atoms with Crippen LogP contribution >= 0.6 is 0 Å². The average Bonchev–Trinajstić information content (AvgIpc) is 2.62. The minimum Gasteiger partial charge on any atom is -0.355 e. The number of rotatable bonds is 4. The van der Waals surface area contributed by atoms with E-state index >= 15 is 0 Å². The number of nitrogens with one attached hydrogen (secondary N) is 2. The fourth-order valence-electron chi connectivity index (χ4n) is 2.91. The van der Waals surface area contributed by atoms with Crippen LogP contribution in [0.3, 0.4) is 0 Å². The standard InChI is InChI=1S/C19H23N5O2/c1-13-6-8-24(9-7-13)18-12-20-17(11-21-18)19(26)23-16-5-3-4-15(10-16)22-14(2)25/h3-5,10-13H,6-9H2,1-2H3,(H,22,25)(H,23,26). The normalized spacial score (nSPS) is 14.8. The van der Waals surface area contributed by atoms with Gasteiger partial charge in [0.2, 0.25) is 5.91 Å².